The predicted octanol–water partition coefficient (Wildman–Crippen LogP) is 4.33. The van der Waals surface area contributed by atoms with Gasteiger partial charge in [0.15, 0.2) is 11.6 Å². The van der Waals surface area contributed by atoms with Gasteiger partial charge < -0.3 is 9.53 Å². The molecule has 4 atom stereocenters. The summed E-state index contributed by atoms with van der Waals surface area (Å²) in [5, 5.41) is 0. The van der Waals surface area contributed by atoms with Crippen LogP contribution in [0, 0.1) is 23.6 Å². The Morgan fingerprint density at radius 3 is 2.62 bits per heavy atom. The van der Waals surface area contributed by atoms with Crippen molar-refractivity contribution in [3.63, 3.8) is 0 Å². The minimum absolute atomic E-state index is 0.262. The minimum atomic E-state index is -0.262. The maximum atomic E-state index is 13.9. The molecule has 0 saturated heterocycles. The lowest BCUT2D eigenvalue weighted by molar-refractivity contribution is -0.113. The molecule has 0 aliphatic heterocycles. The number of rotatable bonds is 3. The summed E-state index contributed by atoms with van der Waals surface area (Å²) in [7, 11) is 1.49. The van der Waals surface area contributed by atoms with Crippen molar-refractivity contribution in [3.05, 3.63) is 29.6 Å². The average molecular weight is 290 g/mol. The molecule has 0 amide bonds. The van der Waals surface area contributed by atoms with E-state index >= 15 is 0 Å². The third-order valence-corrected chi connectivity index (χ3v) is 5.49. The van der Waals surface area contributed by atoms with E-state index in [0.717, 1.165) is 44.0 Å². The van der Waals surface area contributed by atoms with Gasteiger partial charge in [0.1, 0.15) is 6.29 Å². The third kappa shape index (κ3) is 2.97. The van der Waals surface area contributed by atoms with Crippen LogP contribution in [0.4, 0.5) is 4.39 Å². The highest BCUT2D eigenvalue weighted by atomic mass is 19.1. The van der Waals surface area contributed by atoms with Gasteiger partial charge in [-0.15, -0.1) is 0 Å². The Hall–Kier alpha value is -1.38. The van der Waals surface area contributed by atoms with Crippen molar-refractivity contribution in [3.8, 4) is 5.75 Å². The molecular weight excluding hydrogens is 267 g/mol. The van der Waals surface area contributed by atoms with E-state index in [2.05, 4.69) is 0 Å². The van der Waals surface area contributed by atoms with Crippen molar-refractivity contribution in [2.75, 3.05) is 7.11 Å². The Bertz CT molecular complexity index is 514. The molecule has 21 heavy (non-hydrogen) atoms. The Morgan fingerprint density at radius 2 is 1.90 bits per heavy atom. The first-order chi connectivity index (χ1) is 10.2. The van der Waals surface area contributed by atoms with E-state index in [1.54, 1.807) is 12.1 Å². The van der Waals surface area contributed by atoms with Crippen molar-refractivity contribution in [2.45, 2.75) is 44.4 Å². The number of methoxy groups -OCH3 is 1. The van der Waals surface area contributed by atoms with Crippen LogP contribution >= 0.6 is 0 Å². The van der Waals surface area contributed by atoms with Crippen molar-refractivity contribution in [2.24, 2.45) is 17.8 Å². The summed E-state index contributed by atoms with van der Waals surface area (Å²) in [5.74, 6) is 2.21. The fourth-order valence-corrected chi connectivity index (χ4v) is 4.29. The van der Waals surface area contributed by atoms with Gasteiger partial charge in [0, 0.05) is 5.92 Å². The summed E-state index contributed by atoms with van der Waals surface area (Å²) >= 11 is 0. The summed E-state index contributed by atoms with van der Waals surface area (Å²) in [6, 6.07) is 5.38. The van der Waals surface area contributed by atoms with Crippen molar-refractivity contribution in [1.29, 1.82) is 0 Å². The lowest BCUT2D eigenvalue weighted by Gasteiger charge is -2.41. The number of hydrogen-bond donors (Lipinski definition) is 0. The highest BCUT2D eigenvalue weighted by molar-refractivity contribution is 5.53. The average Bonchev–Trinajstić information content (AvgIpc) is 2.53. The van der Waals surface area contributed by atoms with Crippen LogP contribution < -0.4 is 4.74 Å². The molecule has 2 aliphatic rings. The van der Waals surface area contributed by atoms with E-state index in [-0.39, 0.29) is 11.7 Å². The molecule has 4 unspecified atom stereocenters. The van der Waals surface area contributed by atoms with Gasteiger partial charge in [-0.2, -0.15) is 0 Å². The maximum absolute atomic E-state index is 13.9. The molecular formula is C18H23FO2. The highest BCUT2D eigenvalue weighted by Gasteiger charge is 2.35. The van der Waals surface area contributed by atoms with Crippen LogP contribution in [-0.2, 0) is 4.79 Å². The summed E-state index contributed by atoms with van der Waals surface area (Å²) in [6.45, 7) is 0. The molecule has 0 spiro atoms. The molecule has 0 heterocycles. The van der Waals surface area contributed by atoms with E-state index in [4.69, 9.17) is 4.74 Å². The van der Waals surface area contributed by atoms with Gasteiger partial charge >= 0.3 is 0 Å². The second-order valence-electron chi connectivity index (χ2n) is 6.63. The Balaban J connectivity index is 1.69. The molecule has 2 saturated carbocycles. The molecule has 2 aliphatic carbocycles. The molecule has 0 bridgehead atoms. The fourth-order valence-electron chi connectivity index (χ4n) is 4.29. The Morgan fingerprint density at radius 1 is 1.14 bits per heavy atom. The Labute approximate surface area is 125 Å². The molecule has 3 heteroatoms. The Kier molecular flexibility index (Phi) is 4.27. The van der Waals surface area contributed by atoms with Gasteiger partial charge in [-0.05, 0) is 74.0 Å². The van der Waals surface area contributed by atoms with E-state index in [0.29, 0.717) is 23.5 Å². The summed E-state index contributed by atoms with van der Waals surface area (Å²) in [6.07, 6.45) is 7.82. The molecule has 0 radical (unpaired) electrons. The van der Waals surface area contributed by atoms with E-state index in [1.165, 1.54) is 13.5 Å². The lowest BCUT2D eigenvalue weighted by Crippen LogP contribution is -2.30. The SMILES string of the molecule is COc1ccc(C2CCC3CC(C=O)CCC3C2)cc1F. The van der Waals surface area contributed by atoms with E-state index in [9.17, 15) is 9.18 Å². The van der Waals surface area contributed by atoms with Gasteiger partial charge in [0.05, 0.1) is 7.11 Å². The number of carbonyl (C=O) groups excluding carboxylic acids is 1. The van der Waals surface area contributed by atoms with Gasteiger partial charge in [-0.3, -0.25) is 0 Å². The zero-order valence-corrected chi connectivity index (χ0v) is 12.6. The fraction of sp³-hybridized carbons (Fsp3) is 0.611. The zero-order chi connectivity index (χ0) is 14.8. The maximum Gasteiger partial charge on any atom is 0.165 e. The molecule has 0 aromatic heterocycles. The highest BCUT2D eigenvalue weighted by Crippen LogP contribution is 2.47. The normalized spacial score (nSPS) is 32.3. The van der Waals surface area contributed by atoms with E-state index in [1.807, 2.05) is 6.07 Å². The first-order valence-corrected chi connectivity index (χ1v) is 8.00. The second-order valence-corrected chi connectivity index (χ2v) is 6.63. The summed E-state index contributed by atoms with van der Waals surface area (Å²) in [5.41, 5.74) is 1.10. The van der Waals surface area contributed by atoms with Crippen LogP contribution in [0.2, 0.25) is 0 Å². The molecule has 1 aromatic rings. The van der Waals surface area contributed by atoms with Crippen LogP contribution in [0.25, 0.3) is 0 Å². The second kappa shape index (κ2) is 6.17. The smallest absolute Gasteiger partial charge is 0.165 e. The summed E-state index contributed by atoms with van der Waals surface area (Å²) < 4.78 is 18.9. The van der Waals surface area contributed by atoms with Crippen molar-refractivity contribution in [1.82, 2.24) is 0 Å². The number of fused-ring (bicyclic) bond motifs is 1. The predicted molar refractivity (Wildman–Crippen MR) is 79.9 cm³/mol. The van der Waals surface area contributed by atoms with Crippen molar-refractivity contribution < 1.29 is 13.9 Å². The van der Waals surface area contributed by atoms with Crippen LogP contribution in [0.1, 0.15) is 50.0 Å². The summed E-state index contributed by atoms with van der Waals surface area (Å²) in [4.78, 5) is 11.0. The van der Waals surface area contributed by atoms with Crippen LogP contribution in [0.3, 0.4) is 0 Å². The number of hydrogen-bond acceptors (Lipinski definition) is 2. The quantitative estimate of drug-likeness (QED) is 0.774. The molecule has 3 rings (SSSR count). The molecule has 114 valence electrons. The van der Waals surface area contributed by atoms with E-state index < -0.39 is 0 Å². The number of ether oxygens (including phenoxy) is 1. The first-order valence-electron chi connectivity index (χ1n) is 8.00. The first kappa shape index (κ1) is 14.6. The molecule has 0 N–H and O–H groups in total. The molecule has 2 nitrogen and oxygen atoms in total. The third-order valence-electron chi connectivity index (χ3n) is 5.49. The zero-order valence-electron chi connectivity index (χ0n) is 12.6. The van der Waals surface area contributed by atoms with Gasteiger partial charge in [0.2, 0.25) is 0 Å². The molecule has 1 aromatic carbocycles. The number of halogens is 1. The number of aldehydes is 1. The topological polar surface area (TPSA) is 26.3 Å². The van der Waals surface area contributed by atoms with Crippen molar-refractivity contribution >= 4 is 6.29 Å². The standard InChI is InChI=1S/C18H23FO2/c1-21-18-7-6-16(10-17(18)19)15-5-4-13-8-12(11-20)2-3-14(13)9-15/h6-7,10-15H,2-5,8-9H2,1H3. The van der Waals surface area contributed by atoms with Gasteiger partial charge in [-0.25, -0.2) is 4.39 Å². The largest absolute Gasteiger partial charge is 0.494 e. The van der Waals surface area contributed by atoms with Crippen LogP contribution in [0.5, 0.6) is 5.75 Å². The monoisotopic (exact) mass is 290 g/mol. The minimum Gasteiger partial charge on any atom is -0.494 e. The van der Waals surface area contributed by atoms with Gasteiger partial charge in [-0.1, -0.05) is 6.07 Å². The molecule has 2 fully saturated rings. The lowest BCUT2D eigenvalue weighted by atomic mass is 9.64. The van der Waals surface area contributed by atoms with Crippen LogP contribution in [-0.4, -0.2) is 13.4 Å². The van der Waals surface area contributed by atoms with Crippen LogP contribution in [0.15, 0.2) is 18.2 Å². The number of benzene rings is 1. The number of carbonyl (C=O) groups is 1. The van der Waals surface area contributed by atoms with Gasteiger partial charge in [0.25, 0.3) is 0 Å².